The average Bonchev–Trinajstić information content (AvgIpc) is 2.88. The second-order valence-electron chi connectivity index (χ2n) is 7.13. The first kappa shape index (κ1) is 22.9. The lowest BCUT2D eigenvalue weighted by Crippen LogP contribution is -2.15. The Bertz CT molecular complexity index is 1260. The minimum atomic E-state index is -0.566. The molecule has 3 aromatic carbocycles. The molecule has 8 nitrogen and oxygen atoms in total. The van der Waals surface area contributed by atoms with Crippen LogP contribution in [0.3, 0.4) is 0 Å². The molecule has 1 N–H and O–H groups in total. The van der Waals surface area contributed by atoms with Crippen LogP contribution in [0, 0.1) is 10.1 Å². The van der Waals surface area contributed by atoms with Gasteiger partial charge in [0.25, 0.3) is 5.69 Å². The second kappa shape index (κ2) is 10.6. The van der Waals surface area contributed by atoms with Gasteiger partial charge in [0.2, 0.25) is 5.91 Å². The minimum absolute atomic E-state index is 0.0182. The SMILES string of the molecule is COc1ccc(NC(=O)CSc2nc(-c3ccccc3)cc(-c3ccccc3)n2)c([N+](=O)[O-])c1. The predicted molar refractivity (Wildman–Crippen MR) is 132 cm³/mol. The van der Waals surface area contributed by atoms with Crippen molar-refractivity contribution in [3.05, 3.63) is 95.0 Å². The van der Waals surface area contributed by atoms with E-state index in [1.54, 1.807) is 6.07 Å². The number of anilines is 1. The summed E-state index contributed by atoms with van der Waals surface area (Å²) in [5.74, 6) is -0.0952. The van der Waals surface area contributed by atoms with E-state index in [9.17, 15) is 14.9 Å². The smallest absolute Gasteiger partial charge is 0.296 e. The van der Waals surface area contributed by atoms with Crippen molar-refractivity contribution < 1.29 is 14.5 Å². The van der Waals surface area contributed by atoms with Gasteiger partial charge in [-0.2, -0.15) is 0 Å². The van der Waals surface area contributed by atoms with Gasteiger partial charge in [-0.1, -0.05) is 72.4 Å². The van der Waals surface area contributed by atoms with Gasteiger partial charge in [-0.3, -0.25) is 14.9 Å². The molecule has 0 saturated carbocycles. The number of ether oxygens (including phenoxy) is 1. The minimum Gasteiger partial charge on any atom is -0.496 e. The van der Waals surface area contributed by atoms with Gasteiger partial charge < -0.3 is 10.1 Å². The number of thioether (sulfide) groups is 1. The molecule has 34 heavy (non-hydrogen) atoms. The standard InChI is InChI=1S/C25H20N4O4S/c1-33-19-12-13-20(23(14-19)29(31)32)26-24(30)16-34-25-27-21(17-8-4-2-5-9-17)15-22(28-25)18-10-6-3-7-11-18/h2-15H,16H2,1H3,(H,26,30). The van der Waals surface area contributed by atoms with Crippen LogP contribution in [0.2, 0.25) is 0 Å². The van der Waals surface area contributed by atoms with Gasteiger partial charge >= 0.3 is 0 Å². The van der Waals surface area contributed by atoms with Crippen molar-refractivity contribution in [3.8, 4) is 28.3 Å². The molecule has 1 aromatic heterocycles. The third-order valence-electron chi connectivity index (χ3n) is 4.85. The number of methoxy groups -OCH3 is 1. The number of carbonyl (C=O) groups excluding carboxylic acids is 1. The van der Waals surface area contributed by atoms with Crippen LogP contribution in [-0.2, 0) is 4.79 Å². The molecule has 0 atom stereocenters. The van der Waals surface area contributed by atoms with Gasteiger partial charge in [-0.05, 0) is 18.2 Å². The van der Waals surface area contributed by atoms with E-state index in [2.05, 4.69) is 15.3 Å². The zero-order valence-corrected chi connectivity index (χ0v) is 19.0. The van der Waals surface area contributed by atoms with E-state index in [1.165, 1.54) is 19.2 Å². The molecule has 0 unspecified atom stereocenters. The summed E-state index contributed by atoms with van der Waals surface area (Å²) >= 11 is 1.16. The predicted octanol–water partition coefficient (Wildman–Crippen LogP) is 5.46. The zero-order chi connectivity index (χ0) is 23.9. The Morgan fingerprint density at radius 1 is 0.941 bits per heavy atom. The maximum Gasteiger partial charge on any atom is 0.296 e. The summed E-state index contributed by atoms with van der Waals surface area (Å²) in [7, 11) is 1.42. The lowest BCUT2D eigenvalue weighted by molar-refractivity contribution is -0.384. The lowest BCUT2D eigenvalue weighted by atomic mass is 10.1. The third kappa shape index (κ3) is 5.57. The third-order valence-corrected chi connectivity index (χ3v) is 5.70. The molecule has 1 amide bonds. The van der Waals surface area contributed by atoms with Crippen molar-refractivity contribution in [1.29, 1.82) is 0 Å². The summed E-state index contributed by atoms with van der Waals surface area (Å²) in [6, 6.07) is 25.6. The summed E-state index contributed by atoms with van der Waals surface area (Å²) in [4.78, 5) is 32.6. The monoisotopic (exact) mass is 472 g/mol. The Morgan fingerprint density at radius 3 is 2.06 bits per heavy atom. The maximum atomic E-state index is 12.6. The van der Waals surface area contributed by atoms with E-state index in [4.69, 9.17) is 4.74 Å². The number of nitro groups is 1. The van der Waals surface area contributed by atoms with Crippen LogP contribution in [0.15, 0.2) is 90.1 Å². The molecule has 0 radical (unpaired) electrons. The highest BCUT2D eigenvalue weighted by Crippen LogP contribution is 2.30. The molecule has 9 heteroatoms. The summed E-state index contributed by atoms with van der Waals surface area (Å²) in [5.41, 5.74) is 3.20. The largest absolute Gasteiger partial charge is 0.496 e. The lowest BCUT2D eigenvalue weighted by Gasteiger charge is -2.09. The molecule has 0 saturated heterocycles. The van der Waals surface area contributed by atoms with Crippen LogP contribution in [0.4, 0.5) is 11.4 Å². The van der Waals surface area contributed by atoms with Crippen molar-refractivity contribution in [2.45, 2.75) is 5.16 Å². The Morgan fingerprint density at radius 2 is 1.53 bits per heavy atom. The van der Waals surface area contributed by atoms with Gasteiger partial charge in [-0.15, -0.1) is 0 Å². The van der Waals surface area contributed by atoms with E-state index < -0.39 is 10.8 Å². The van der Waals surface area contributed by atoms with Crippen LogP contribution < -0.4 is 10.1 Å². The molecule has 0 bridgehead atoms. The van der Waals surface area contributed by atoms with Crippen molar-refractivity contribution in [3.63, 3.8) is 0 Å². The number of hydrogen-bond acceptors (Lipinski definition) is 7. The molecule has 0 aliphatic rings. The van der Waals surface area contributed by atoms with Crippen molar-refractivity contribution in [2.75, 3.05) is 18.2 Å². The molecule has 4 rings (SSSR count). The zero-order valence-electron chi connectivity index (χ0n) is 18.2. The molecule has 1 heterocycles. The van der Waals surface area contributed by atoms with Crippen LogP contribution >= 0.6 is 11.8 Å². The molecule has 0 fully saturated rings. The van der Waals surface area contributed by atoms with E-state index in [0.717, 1.165) is 34.3 Å². The van der Waals surface area contributed by atoms with Gasteiger partial charge in [-0.25, -0.2) is 9.97 Å². The van der Waals surface area contributed by atoms with Crippen molar-refractivity contribution in [1.82, 2.24) is 9.97 Å². The van der Waals surface area contributed by atoms with Gasteiger partial charge in [0.05, 0.1) is 35.2 Å². The van der Waals surface area contributed by atoms with Gasteiger partial charge in [0.1, 0.15) is 11.4 Å². The van der Waals surface area contributed by atoms with Crippen LogP contribution in [-0.4, -0.2) is 33.7 Å². The number of nitrogens with one attached hydrogen (secondary N) is 1. The normalized spacial score (nSPS) is 10.5. The Hall–Kier alpha value is -4.24. The fraction of sp³-hybridized carbons (Fsp3) is 0.0800. The Labute approximate surface area is 200 Å². The highest BCUT2D eigenvalue weighted by molar-refractivity contribution is 7.99. The average molecular weight is 473 g/mol. The molecule has 4 aromatic rings. The summed E-state index contributed by atoms with van der Waals surface area (Å²) < 4.78 is 5.03. The van der Waals surface area contributed by atoms with E-state index in [-0.39, 0.29) is 17.1 Å². The highest BCUT2D eigenvalue weighted by atomic mass is 32.2. The molecule has 0 aliphatic carbocycles. The molecule has 0 spiro atoms. The first-order valence-corrected chi connectivity index (χ1v) is 11.3. The topological polar surface area (TPSA) is 107 Å². The molecular formula is C25H20N4O4S. The Balaban J connectivity index is 1.56. The van der Waals surface area contributed by atoms with Crippen molar-refractivity contribution in [2.24, 2.45) is 0 Å². The second-order valence-corrected chi connectivity index (χ2v) is 8.07. The summed E-state index contributed by atoms with van der Waals surface area (Å²) in [6.45, 7) is 0. The number of benzene rings is 3. The van der Waals surface area contributed by atoms with Crippen LogP contribution in [0.5, 0.6) is 5.75 Å². The fourth-order valence-corrected chi connectivity index (χ4v) is 3.87. The van der Waals surface area contributed by atoms with Gasteiger partial charge in [0, 0.05) is 11.1 Å². The number of amides is 1. The van der Waals surface area contributed by atoms with E-state index in [0.29, 0.717) is 10.9 Å². The number of carbonyl (C=O) groups is 1. The first-order chi connectivity index (χ1) is 16.5. The van der Waals surface area contributed by atoms with Gasteiger partial charge in [0.15, 0.2) is 5.16 Å². The number of hydrogen-bond donors (Lipinski definition) is 1. The molecule has 170 valence electrons. The highest BCUT2D eigenvalue weighted by Gasteiger charge is 2.18. The summed E-state index contributed by atoms with van der Waals surface area (Å²) in [6.07, 6.45) is 0. The number of aromatic nitrogens is 2. The van der Waals surface area contributed by atoms with Crippen LogP contribution in [0.25, 0.3) is 22.5 Å². The first-order valence-electron chi connectivity index (χ1n) is 10.3. The van der Waals surface area contributed by atoms with Crippen molar-refractivity contribution >= 4 is 29.0 Å². The fourth-order valence-electron chi connectivity index (χ4n) is 3.21. The molecule has 0 aliphatic heterocycles. The van der Waals surface area contributed by atoms with E-state index in [1.807, 2.05) is 66.7 Å². The number of nitrogens with zero attached hydrogens (tertiary/aromatic N) is 3. The maximum absolute atomic E-state index is 12.6. The van der Waals surface area contributed by atoms with Crippen LogP contribution in [0.1, 0.15) is 0 Å². The number of rotatable bonds is 8. The molecular weight excluding hydrogens is 452 g/mol. The summed E-state index contributed by atoms with van der Waals surface area (Å²) in [5, 5.41) is 14.4. The van der Waals surface area contributed by atoms with E-state index >= 15 is 0 Å². The Kier molecular flexibility index (Phi) is 7.14. The number of nitro benzene ring substituents is 1. The quantitative estimate of drug-likeness (QED) is 0.157.